The Bertz CT molecular complexity index is 463. The SMILES string of the molecule is NC(=O)CC[C@H](NC(=O)[C@@H]1CCCN1)C(=O)N[C@@H](CO)C(=O)O. The topological polar surface area (TPSA) is 171 Å². The first kappa shape index (κ1) is 18.8. The van der Waals surface area contributed by atoms with Gasteiger partial charge in [-0.15, -0.1) is 0 Å². The van der Waals surface area contributed by atoms with E-state index in [2.05, 4.69) is 16.0 Å². The third kappa shape index (κ3) is 6.20. The standard InChI is InChI=1S/C13H22N4O6/c14-10(19)4-3-8(12(21)17-9(6-18)13(22)23)16-11(20)7-2-1-5-15-7/h7-9,15,18H,1-6H2,(H2,14,19)(H,16,20)(H,17,21)(H,22,23)/t7-,8-,9-/m0/s1. The van der Waals surface area contributed by atoms with Crippen LogP contribution < -0.4 is 21.7 Å². The van der Waals surface area contributed by atoms with Crippen molar-refractivity contribution in [3.05, 3.63) is 0 Å². The number of carboxylic acids is 1. The van der Waals surface area contributed by atoms with Gasteiger partial charge < -0.3 is 31.9 Å². The van der Waals surface area contributed by atoms with Crippen LogP contribution in [0.2, 0.25) is 0 Å². The van der Waals surface area contributed by atoms with E-state index >= 15 is 0 Å². The molecule has 1 heterocycles. The molecular formula is C13H22N4O6. The predicted molar refractivity (Wildman–Crippen MR) is 78.0 cm³/mol. The quantitative estimate of drug-likeness (QED) is 0.262. The smallest absolute Gasteiger partial charge is 0.328 e. The molecule has 1 saturated heterocycles. The molecule has 0 unspecified atom stereocenters. The van der Waals surface area contributed by atoms with Crippen LogP contribution in [0.3, 0.4) is 0 Å². The van der Waals surface area contributed by atoms with Gasteiger partial charge in [-0.1, -0.05) is 0 Å². The zero-order chi connectivity index (χ0) is 17.4. The van der Waals surface area contributed by atoms with Crippen LogP contribution in [0.15, 0.2) is 0 Å². The molecule has 0 saturated carbocycles. The van der Waals surface area contributed by atoms with Crippen LogP contribution in [0.5, 0.6) is 0 Å². The molecular weight excluding hydrogens is 308 g/mol. The van der Waals surface area contributed by atoms with E-state index in [-0.39, 0.29) is 12.8 Å². The molecule has 23 heavy (non-hydrogen) atoms. The first-order valence-electron chi connectivity index (χ1n) is 7.31. The van der Waals surface area contributed by atoms with E-state index in [0.29, 0.717) is 13.0 Å². The van der Waals surface area contributed by atoms with E-state index in [4.69, 9.17) is 15.9 Å². The minimum Gasteiger partial charge on any atom is -0.480 e. The molecule has 0 aromatic carbocycles. The summed E-state index contributed by atoms with van der Waals surface area (Å²) in [5.74, 6) is -3.24. The molecule has 10 heteroatoms. The lowest BCUT2D eigenvalue weighted by Gasteiger charge is -2.22. The maximum absolute atomic E-state index is 12.1. The summed E-state index contributed by atoms with van der Waals surface area (Å²) in [6, 6.07) is -3.02. The van der Waals surface area contributed by atoms with E-state index in [1.54, 1.807) is 0 Å². The lowest BCUT2D eigenvalue weighted by molar-refractivity contribution is -0.143. The number of carbonyl (C=O) groups is 4. The lowest BCUT2D eigenvalue weighted by Crippen LogP contribution is -2.55. The van der Waals surface area contributed by atoms with Crippen LogP contribution in [0, 0.1) is 0 Å². The van der Waals surface area contributed by atoms with E-state index in [9.17, 15) is 19.2 Å². The van der Waals surface area contributed by atoms with Gasteiger partial charge in [-0.05, 0) is 25.8 Å². The monoisotopic (exact) mass is 330 g/mol. The van der Waals surface area contributed by atoms with Crippen LogP contribution in [0.25, 0.3) is 0 Å². The van der Waals surface area contributed by atoms with Crippen molar-refractivity contribution in [2.45, 2.75) is 43.8 Å². The van der Waals surface area contributed by atoms with Gasteiger partial charge in [-0.2, -0.15) is 0 Å². The Hall–Kier alpha value is -2.20. The molecule has 0 aromatic rings. The molecule has 10 nitrogen and oxygen atoms in total. The second-order valence-corrected chi connectivity index (χ2v) is 5.30. The van der Waals surface area contributed by atoms with Crippen molar-refractivity contribution in [1.29, 1.82) is 0 Å². The van der Waals surface area contributed by atoms with Gasteiger partial charge in [0.2, 0.25) is 17.7 Å². The van der Waals surface area contributed by atoms with Gasteiger partial charge in [-0.3, -0.25) is 14.4 Å². The van der Waals surface area contributed by atoms with Crippen molar-refractivity contribution >= 4 is 23.7 Å². The molecule has 0 radical (unpaired) electrons. The van der Waals surface area contributed by atoms with Crippen molar-refractivity contribution in [1.82, 2.24) is 16.0 Å². The molecule has 0 aromatic heterocycles. The second-order valence-electron chi connectivity index (χ2n) is 5.30. The number of aliphatic hydroxyl groups is 1. The number of rotatable bonds is 9. The second kappa shape index (κ2) is 9.06. The van der Waals surface area contributed by atoms with Crippen LogP contribution in [0.1, 0.15) is 25.7 Å². The third-order valence-corrected chi connectivity index (χ3v) is 3.49. The van der Waals surface area contributed by atoms with E-state index in [1.165, 1.54) is 0 Å². The van der Waals surface area contributed by atoms with Gasteiger partial charge in [0.25, 0.3) is 0 Å². The van der Waals surface area contributed by atoms with Crippen LogP contribution in [-0.4, -0.2) is 65.2 Å². The number of primary amides is 1. The molecule has 130 valence electrons. The van der Waals surface area contributed by atoms with E-state index in [1.807, 2.05) is 0 Å². The fourth-order valence-electron chi connectivity index (χ4n) is 2.19. The minimum atomic E-state index is -1.49. The zero-order valence-electron chi connectivity index (χ0n) is 12.6. The van der Waals surface area contributed by atoms with E-state index in [0.717, 1.165) is 6.42 Å². The van der Waals surface area contributed by atoms with Crippen molar-refractivity contribution in [3.63, 3.8) is 0 Å². The Morgan fingerprint density at radius 1 is 1.22 bits per heavy atom. The summed E-state index contributed by atoms with van der Waals surface area (Å²) in [4.78, 5) is 45.9. The summed E-state index contributed by atoms with van der Waals surface area (Å²) in [6.07, 6.45) is 1.26. The average molecular weight is 330 g/mol. The van der Waals surface area contributed by atoms with Crippen molar-refractivity contribution < 1.29 is 29.4 Å². The van der Waals surface area contributed by atoms with Gasteiger partial charge >= 0.3 is 5.97 Å². The fourth-order valence-corrected chi connectivity index (χ4v) is 2.19. The largest absolute Gasteiger partial charge is 0.480 e. The van der Waals surface area contributed by atoms with Crippen molar-refractivity contribution in [3.8, 4) is 0 Å². The number of nitrogens with one attached hydrogen (secondary N) is 3. The predicted octanol–water partition coefficient (Wildman–Crippen LogP) is -2.95. The van der Waals surface area contributed by atoms with Crippen LogP contribution in [0.4, 0.5) is 0 Å². The average Bonchev–Trinajstić information content (AvgIpc) is 3.02. The highest BCUT2D eigenvalue weighted by Gasteiger charge is 2.29. The number of carboxylic acid groups (broad SMARTS) is 1. The molecule has 0 aliphatic carbocycles. The number of aliphatic carboxylic acids is 1. The van der Waals surface area contributed by atoms with Gasteiger partial charge in [0.05, 0.1) is 12.6 Å². The number of nitrogens with two attached hydrogens (primary N) is 1. The molecule has 3 atom stereocenters. The summed E-state index contributed by atoms with van der Waals surface area (Å²) < 4.78 is 0. The number of hydrogen-bond donors (Lipinski definition) is 6. The highest BCUT2D eigenvalue weighted by Crippen LogP contribution is 2.06. The highest BCUT2D eigenvalue weighted by molar-refractivity contribution is 5.92. The Balaban J connectivity index is 2.69. The maximum Gasteiger partial charge on any atom is 0.328 e. The molecule has 1 fully saturated rings. The number of aliphatic hydroxyl groups excluding tert-OH is 1. The first-order chi connectivity index (χ1) is 10.8. The first-order valence-corrected chi connectivity index (χ1v) is 7.31. The summed E-state index contributed by atoms with van der Waals surface area (Å²) in [6.45, 7) is -0.0937. The molecule has 0 bridgehead atoms. The lowest BCUT2D eigenvalue weighted by atomic mass is 10.1. The highest BCUT2D eigenvalue weighted by atomic mass is 16.4. The van der Waals surface area contributed by atoms with Gasteiger partial charge in [0.15, 0.2) is 0 Å². The summed E-state index contributed by atoms with van der Waals surface area (Å²) in [5.41, 5.74) is 5.04. The fraction of sp³-hybridized carbons (Fsp3) is 0.692. The molecule has 7 N–H and O–H groups in total. The number of carbonyl (C=O) groups excluding carboxylic acids is 3. The Morgan fingerprint density at radius 3 is 2.39 bits per heavy atom. The third-order valence-electron chi connectivity index (χ3n) is 3.49. The molecule has 1 aliphatic heterocycles. The maximum atomic E-state index is 12.1. The zero-order valence-corrected chi connectivity index (χ0v) is 12.6. The van der Waals surface area contributed by atoms with Gasteiger partial charge in [-0.25, -0.2) is 4.79 Å². The molecule has 3 amide bonds. The van der Waals surface area contributed by atoms with Gasteiger partial charge in [0.1, 0.15) is 12.1 Å². The van der Waals surface area contributed by atoms with Crippen LogP contribution in [-0.2, 0) is 19.2 Å². The summed E-state index contributed by atoms with van der Waals surface area (Å²) in [7, 11) is 0. The normalized spacial score (nSPS) is 19.6. The van der Waals surface area contributed by atoms with E-state index < -0.39 is 48.4 Å². The molecule has 0 spiro atoms. The number of amides is 3. The Kier molecular flexibility index (Phi) is 7.42. The van der Waals surface area contributed by atoms with Crippen molar-refractivity contribution in [2.24, 2.45) is 5.73 Å². The van der Waals surface area contributed by atoms with Crippen LogP contribution >= 0.6 is 0 Å². The number of hydrogen-bond acceptors (Lipinski definition) is 6. The summed E-state index contributed by atoms with van der Waals surface area (Å²) in [5, 5.41) is 25.3. The van der Waals surface area contributed by atoms with Gasteiger partial charge in [0, 0.05) is 6.42 Å². The minimum absolute atomic E-state index is 0.0581. The van der Waals surface area contributed by atoms with Crippen molar-refractivity contribution in [2.75, 3.05) is 13.2 Å². The Labute approximate surface area is 132 Å². The molecule has 1 rings (SSSR count). The Morgan fingerprint density at radius 2 is 1.91 bits per heavy atom. The molecule has 1 aliphatic rings. The summed E-state index contributed by atoms with van der Waals surface area (Å²) >= 11 is 0.